The van der Waals surface area contributed by atoms with Crippen LogP contribution in [0.5, 0.6) is 0 Å². The Hall–Kier alpha value is -1.46. The number of pyridine rings is 1. The highest BCUT2D eigenvalue weighted by molar-refractivity contribution is 7.15. The van der Waals surface area contributed by atoms with E-state index < -0.39 is 0 Å². The predicted octanol–water partition coefficient (Wildman–Crippen LogP) is 2.93. The summed E-state index contributed by atoms with van der Waals surface area (Å²) in [7, 11) is 0. The Labute approximate surface area is 123 Å². The van der Waals surface area contributed by atoms with Gasteiger partial charge >= 0.3 is 0 Å². The van der Waals surface area contributed by atoms with Gasteiger partial charge in [0.05, 0.1) is 11.8 Å². The molecule has 0 saturated heterocycles. The van der Waals surface area contributed by atoms with Crippen molar-refractivity contribution in [2.75, 3.05) is 11.4 Å². The zero-order valence-corrected chi connectivity index (χ0v) is 12.4. The third kappa shape index (κ3) is 2.69. The number of anilines is 1. The van der Waals surface area contributed by atoms with Crippen LogP contribution in [-0.2, 0) is 13.0 Å². The molecule has 106 valence electrons. The Morgan fingerprint density at radius 2 is 2.20 bits per heavy atom. The number of hydrogen-bond acceptors (Lipinski definition) is 5. The van der Waals surface area contributed by atoms with E-state index >= 15 is 0 Å². The molecule has 5 heteroatoms. The van der Waals surface area contributed by atoms with Crippen molar-refractivity contribution in [3.63, 3.8) is 0 Å². The molecule has 4 nitrogen and oxygen atoms in total. The van der Waals surface area contributed by atoms with E-state index in [1.807, 2.05) is 24.5 Å². The Kier molecular flexibility index (Phi) is 3.98. The van der Waals surface area contributed by atoms with Crippen LogP contribution in [0, 0.1) is 0 Å². The minimum atomic E-state index is -0.372. The molecular formula is C15H19N3OS. The second-order valence-corrected chi connectivity index (χ2v) is 6.14. The maximum Gasteiger partial charge on any atom is 0.186 e. The van der Waals surface area contributed by atoms with Crippen molar-refractivity contribution >= 4 is 16.5 Å². The lowest BCUT2D eigenvalue weighted by Crippen LogP contribution is -2.21. The summed E-state index contributed by atoms with van der Waals surface area (Å²) in [5, 5.41) is 11.1. The third-order valence-electron chi connectivity index (χ3n) is 3.69. The second kappa shape index (κ2) is 5.89. The van der Waals surface area contributed by atoms with Crippen molar-refractivity contribution in [1.82, 2.24) is 9.97 Å². The summed E-state index contributed by atoms with van der Waals surface area (Å²) in [6, 6.07) is 4.07. The predicted molar refractivity (Wildman–Crippen MR) is 81.0 cm³/mol. The first-order valence-corrected chi connectivity index (χ1v) is 7.91. The molecule has 2 heterocycles. The molecule has 0 fully saturated rings. The lowest BCUT2D eigenvalue weighted by Gasteiger charge is -2.19. The van der Waals surface area contributed by atoms with Gasteiger partial charge in [0.2, 0.25) is 0 Å². The Morgan fingerprint density at radius 3 is 2.90 bits per heavy atom. The first-order chi connectivity index (χ1) is 9.78. The highest BCUT2D eigenvalue weighted by Crippen LogP contribution is 2.36. The van der Waals surface area contributed by atoms with Gasteiger partial charge in [-0.3, -0.25) is 4.98 Å². The van der Waals surface area contributed by atoms with Gasteiger partial charge in [-0.25, -0.2) is 4.98 Å². The van der Waals surface area contributed by atoms with Gasteiger partial charge in [-0.05, 0) is 43.9 Å². The summed E-state index contributed by atoms with van der Waals surface area (Å²) < 4.78 is 0. The number of fused-ring (bicyclic) bond motifs is 1. The minimum Gasteiger partial charge on any atom is -0.387 e. The third-order valence-corrected chi connectivity index (χ3v) is 4.88. The van der Waals surface area contributed by atoms with Crippen LogP contribution in [0.1, 0.15) is 42.0 Å². The van der Waals surface area contributed by atoms with Gasteiger partial charge in [-0.1, -0.05) is 0 Å². The van der Waals surface area contributed by atoms with Gasteiger partial charge in [0, 0.05) is 30.4 Å². The number of rotatable bonds is 4. The monoisotopic (exact) mass is 289 g/mol. The van der Waals surface area contributed by atoms with Gasteiger partial charge in [-0.15, -0.1) is 11.3 Å². The molecule has 1 aliphatic carbocycles. The first kappa shape index (κ1) is 13.5. The number of thiazole rings is 1. The van der Waals surface area contributed by atoms with Crippen LogP contribution in [0.2, 0.25) is 0 Å². The standard InChI is InChI=1S/C15H19N3OS/c1-2-18(10-11-6-8-16-9-7-11)15-17-14-12(19)4-3-5-13(14)20-15/h6-9,12,19H,2-5,10H2,1H3. The van der Waals surface area contributed by atoms with Crippen molar-refractivity contribution in [2.24, 2.45) is 0 Å². The quantitative estimate of drug-likeness (QED) is 0.940. The van der Waals surface area contributed by atoms with E-state index in [0.29, 0.717) is 0 Å². The fourth-order valence-corrected chi connectivity index (χ4v) is 3.76. The summed E-state index contributed by atoms with van der Waals surface area (Å²) in [5.74, 6) is 0. The lowest BCUT2D eigenvalue weighted by atomic mass is 10.0. The number of hydrogen-bond donors (Lipinski definition) is 1. The number of aliphatic hydroxyl groups excluding tert-OH is 1. The zero-order valence-electron chi connectivity index (χ0n) is 11.6. The number of aryl methyl sites for hydroxylation is 1. The summed E-state index contributed by atoms with van der Waals surface area (Å²) in [5.41, 5.74) is 2.14. The largest absolute Gasteiger partial charge is 0.387 e. The number of nitrogens with zero attached hydrogens (tertiary/aromatic N) is 3. The van der Waals surface area contributed by atoms with Crippen molar-refractivity contribution in [2.45, 2.75) is 38.8 Å². The van der Waals surface area contributed by atoms with E-state index in [2.05, 4.69) is 21.8 Å². The molecule has 0 radical (unpaired) electrons. The van der Waals surface area contributed by atoms with Crippen LogP contribution < -0.4 is 4.90 Å². The summed E-state index contributed by atoms with van der Waals surface area (Å²) in [6.45, 7) is 3.88. The molecule has 0 saturated carbocycles. The minimum absolute atomic E-state index is 0.372. The van der Waals surface area contributed by atoms with Gasteiger partial charge < -0.3 is 10.0 Å². The van der Waals surface area contributed by atoms with Crippen LogP contribution in [0.25, 0.3) is 0 Å². The summed E-state index contributed by atoms with van der Waals surface area (Å²) >= 11 is 1.73. The molecule has 1 N–H and O–H groups in total. The molecule has 0 bridgehead atoms. The highest BCUT2D eigenvalue weighted by atomic mass is 32.1. The Bertz CT molecular complexity index is 570. The normalized spacial score (nSPS) is 17.8. The number of aliphatic hydroxyl groups is 1. The van der Waals surface area contributed by atoms with Gasteiger partial charge in [-0.2, -0.15) is 0 Å². The lowest BCUT2D eigenvalue weighted by molar-refractivity contribution is 0.153. The zero-order chi connectivity index (χ0) is 13.9. The Morgan fingerprint density at radius 1 is 1.40 bits per heavy atom. The molecule has 3 rings (SSSR count). The van der Waals surface area contributed by atoms with Gasteiger partial charge in [0.15, 0.2) is 5.13 Å². The van der Waals surface area contributed by atoms with Crippen LogP contribution >= 0.6 is 11.3 Å². The fourth-order valence-electron chi connectivity index (χ4n) is 2.54. The molecule has 0 amide bonds. The molecule has 1 atom stereocenters. The fraction of sp³-hybridized carbons (Fsp3) is 0.467. The van der Waals surface area contributed by atoms with E-state index in [0.717, 1.165) is 43.2 Å². The van der Waals surface area contributed by atoms with Gasteiger partial charge in [0.25, 0.3) is 0 Å². The SMILES string of the molecule is CCN(Cc1ccncc1)c1nc2c(s1)CCCC2O. The maximum atomic E-state index is 10.0. The van der Waals surface area contributed by atoms with E-state index in [4.69, 9.17) is 0 Å². The van der Waals surface area contributed by atoms with Crippen molar-refractivity contribution < 1.29 is 5.11 Å². The summed E-state index contributed by atoms with van der Waals surface area (Å²) in [6.07, 6.45) is 6.22. The topological polar surface area (TPSA) is 49.2 Å². The van der Waals surface area contributed by atoms with E-state index in [9.17, 15) is 5.11 Å². The first-order valence-electron chi connectivity index (χ1n) is 7.09. The van der Waals surface area contributed by atoms with Crippen LogP contribution in [0.4, 0.5) is 5.13 Å². The molecule has 2 aromatic rings. The van der Waals surface area contributed by atoms with Crippen LogP contribution in [-0.4, -0.2) is 21.6 Å². The molecule has 2 aromatic heterocycles. The molecule has 0 spiro atoms. The van der Waals surface area contributed by atoms with Crippen molar-refractivity contribution in [3.05, 3.63) is 40.7 Å². The average molecular weight is 289 g/mol. The smallest absolute Gasteiger partial charge is 0.186 e. The molecule has 20 heavy (non-hydrogen) atoms. The van der Waals surface area contributed by atoms with E-state index in [-0.39, 0.29) is 6.10 Å². The molecule has 0 aromatic carbocycles. The van der Waals surface area contributed by atoms with Crippen molar-refractivity contribution in [3.8, 4) is 0 Å². The summed E-state index contributed by atoms with van der Waals surface area (Å²) in [4.78, 5) is 12.2. The van der Waals surface area contributed by atoms with Crippen molar-refractivity contribution in [1.29, 1.82) is 0 Å². The molecule has 1 aliphatic rings. The molecule has 0 aliphatic heterocycles. The van der Waals surface area contributed by atoms with E-state index in [1.54, 1.807) is 11.3 Å². The average Bonchev–Trinajstić information content (AvgIpc) is 2.91. The van der Waals surface area contributed by atoms with E-state index in [1.165, 1.54) is 10.4 Å². The molecule has 1 unspecified atom stereocenters. The maximum absolute atomic E-state index is 10.0. The second-order valence-electron chi connectivity index (χ2n) is 5.08. The van der Waals surface area contributed by atoms with Crippen LogP contribution in [0.3, 0.4) is 0 Å². The van der Waals surface area contributed by atoms with Crippen LogP contribution in [0.15, 0.2) is 24.5 Å². The Balaban J connectivity index is 1.83. The van der Waals surface area contributed by atoms with Gasteiger partial charge in [0.1, 0.15) is 0 Å². The number of aromatic nitrogens is 2. The highest BCUT2D eigenvalue weighted by Gasteiger charge is 2.24. The molecular weight excluding hydrogens is 270 g/mol.